The van der Waals surface area contributed by atoms with E-state index in [1.165, 1.54) is 0 Å². The van der Waals surface area contributed by atoms with Crippen molar-refractivity contribution < 1.29 is 14.3 Å². The summed E-state index contributed by atoms with van der Waals surface area (Å²) in [6.45, 7) is 1.78. The van der Waals surface area contributed by atoms with Crippen molar-refractivity contribution in [2.45, 2.75) is 6.92 Å². The lowest BCUT2D eigenvalue weighted by atomic mass is 10.3. The Morgan fingerprint density at radius 2 is 2.17 bits per heavy atom. The zero-order valence-corrected chi connectivity index (χ0v) is 9.79. The summed E-state index contributed by atoms with van der Waals surface area (Å²) in [4.78, 5) is 22.9. The normalized spacial score (nSPS) is 10.3. The highest BCUT2D eigenvalue weighted by Crippen LogP contribution is 2.08. The third-order valence-corrected chi connectivity index (χ3v) is 2.23. The van der Waals surface area contributed by atoms with E-state index in [-0.39, 0.29) is 13.2 Å². The number of fused-ring (bicyclic) bond motifs is 1. The standard InChI is InChI=1S/C11H12N4O3/c1-2-18-10(16)7-12-11(17)15-9-6-4-3-5-8(9)13-14-15/h3-6H,2,7H2,1H3,(H,12,17). The number of benzene rings is 1. The average Bonchev–Trinajstić information content (AvgIpc) is 2.80. The molecule has 0 aliphatic heterocycles. The summed E-state index contributed by atoms with van der Waals surface area (Å²) in [5.74, 6) is -0.490. The summed E-state index contributed by atoms with van der Waals surface area (Å²) in [6, 6.07) is 6.53. The van der Waals surface area contributed by atoms with Crippen LogP contribution < -0.4 is 5.32 Å². The third kappa shape index (κ3) is 2.45. The quantitative estimate of drug-likeness (QED) is 0.802. The first kappa shape index (κ1) is 12.0. The molecule has 94 valence electrons. The second-order valence-corrected chi connectivity index (χ2v) is 3.45. The zero-order chi connectivity index (χ0) is 13.0. The Balaban J connectivity index is 2.07. The van der Waals surface area contributed by atoms with Crippen LogP contribution in [0.5, 0.6) is 0 Å². The number of nitrogens with zero attached hydrogens (tertiary/aromatic N) is 3. The predicted molar refractivity (Wildman–Crippen MR) is 63.0 cm³/mol. The molecule has 0 radical (unpaired) electrons. The summed E-state index contributed by atoms with van der Waals surface area (Å²) >= 11 is 0. The van der Waals surface area contributed by atoms with E-state index in [1.807, 2.05) is 0 Å². The predicted octanol–water partition coefficient (Wildman–Crippen LogP) is 0.552. The molecule has 0 bridgehead atoms. The number of carbonyl (C=O) groups excluding carboxylic acids is 2. The van der Waals surface area contributed by atoms with Gasteiger partial charge in [-0.05, 0) is 19.1 Å². The molecule has 7 heteroatoms. The molecule has 0 fully saturated rings. The van der Waals surface area contributed by atoms with E-state index in [2.05, 4.69) is 15.6 Å². The Bertz CT molecular complexity index is 578. The molecule has 0 unspecified atom stereocenters. The summed E-state index contributed by atoms with van der Waals surface area (Å²) in [7, 11) is 0. The molecule has 0 aliphatic carbocycles. The van der Waals surface area contributed by atoms with E-state index in [0.717, 1.165) is 4.68 Å². The van der Waals surface area contributed by atoms with Gasteiger partial charge in [-0.15, -0.1) is 5.10 Å². The Hall–Kier alpha value is -2.44. The number of hydrogen-bond acceptors (Lipinski definition) is 5. The van der Waals surface area contributed by atoms with Gasteiger partial charge in [0.25, 0.3) is 0 Å². The molecule has 1 aromatic carbocycles. The number of esters is 1. The molecule has 1 amide bonds. The minimum absolute atomic E-state index is 0.194. The lowest BCUT2D eigenvalue weighted by Crippen LogP contribution is -2.34. The Labute approximate surface area is 103 Å². The van der Waals surface area contributed by atoms with Gasteiger partial charge in [-0.2, -0.15) is 4.68 Å². The molecular weight excluding hydrogens is 236 g/mol. The van der Waals surface area contributed by atoms with Crippen LogP contribution in [0.25, 0.3) is 11.0 Å². The van der Waals surface area contributed by atoms with Gasteiger partial charge in [0.05, 0.1) is 12.1 Å². The van der Waals surface area contributed by atoms with Crippen LogP contribution in [0.4, 0.5) is 4.79 Å². The van der Waals surface area contributed by atoms with Crippen molar-refractivity contribution in [1.29, 1.82) is 0 Å². The van der Waals surface area contributed by atoms with E-state index < -0.39 is 12.0 Å². The molecule has 2 aromatic rings. The third-order valence-electron chi connectivity index (χ3n) is 2.23. The molecule has 1 aromatic heterocycles. The SMILES string of the molecule is CCOC(=O)CNC(=O)n1nnc2ccccc21. The molecule has 0 saturated heterocycles. The van der Waals surface area contributed by atoms with Gasteiger partial charge in [0.2, 0.25) is 0 Å². The molecule has 0 atom stereocenters. The Morgan fingerprint density at radius 3 is 2.94 bits per heavy atom. The number of amides is 1. The number of para-hydroxylation sites is 1. The number of nitrogens with one attached hydrogen (secondary N) is 1. The fraction of sp³-hybridized carbons (Fsp3) is 0.273. The van der Waals surface area contributed by atoms with Gasteiger partial charge < -0.3 is 10.1 Å². The van der Waals surface area contributed by atoms with Crippen LogP contribution in [-0.4, -0.2) is 40.1 Å². The van der Waals surface area contributed by atoms with Crippen molar-refractivity contribution in [3.63, 3.8) is 0 Å². The molecule has 0 saturated carbocycles. The van der Waals surface area contributed by atoms with Crippen LogP contribution in [0, 0.1) is 0 Å². The van der Waals surface area contributed by atoms with Crippen LogP contribution in [0.2, 0.25) is 0 Å². The highest BCUT2D eigenvalue weighted by molar-refractivity contribution is 5.89. The zero-order valence-electron chi connectivity index (χ0n) is 9.79. The molecule has 0 spiro atoms. The summed E-state index contributed by atoms with van der Waals surface area (Å²) in [6.07, 6.45) is 0. The Kier molecular flexibility index (Phi) is 3.52. The second-order valence-electron chi connectivity index (χ2n) is 3.45. The monoisotopic (exact) mass is 248 g/mol. The van der Waals surface area contributed by atoms with Crippen molar-refractivity contribution in [3.05, 3.63) is 24.3 Å². The number of hydrogen-bond donors (Lipinski definition) is 1. The lowest BCUT2D eigenvalue weighted by Gasteiger charge is -2.04. The van der Waals surface area contributed by atoms with Gasteiger partial charge in [-0.1, -0.05) is 17.3 Å². The fourth-order valence-electron chi connectivity index (χ4n) is 1.45. The van der Waals surface area contributed by atoms with E-state index in [4.69, 9.17) is 4.74 Å². The van der Waals surface area contributed by atoms with Gasteiger partial charge in [-0.25, -0.2) is 4.79 Å². The minimum Gasteiger partial charge on any atom is -0.465 e. The maximum atomic E-state index is 11.8. The first-order chi connectivity index (χ1) is 8.72. The second kappa shape index (κ2) is 5.26. The van der Waals surface area contributed by atoms with Crippen molar-refractivity contribution >= 4 is 23.0 Å². The summed E-state index contributed by atoms with van der Waals surface area (Å²) in [5, 5.41) is 9.97. The molecule has 1 heterocycles. The van der Waals surface area contributed by atoms with Crippen LogP contribution in [0.15, 0.2) is 24.3 Å². The summed E-state index contributed by atoms with van der Waals surface area (Å²) in [5.41, 5.74) is 1.20. The topological polar surface area (TPSA) is 86.1 Å². The first-order valence-electron chi connectivity index (χ1n) is 5.46. The van der Waals surface area contributed by atoms with E-state index >= 15 is 0 Å². The van der Waals surface area contributed by atoms with Gasteiger partial charge in [0.1, 0.15) is 12.1 Å². The number of aromatic nitrogens is 3. The van der Waals surface area contributed by atoms with E-state index in [9.17, 15) is 9.59 Å². The van der Waals surface area contributed by atoms with Gasteiger partial charge in [0.15, 0.2) is 0 Å². The maximum Gasteiger partial charge on any atom is 0.344 e. The van der Waals surface area contributed by atoms with Crippen molar-refractivity contribution in [1.82, 2.24) is 20.3 Å². The van der Waals surface area contributed by atoms with Gasteiger partial charge in [0, 0.05) is 0 Å². The lowest BCUT2D eigenvalue weighted by molar-refractivity contribution is -0.141. The molecule has 2 rings (SSSR count). The van der Waals surface area contributed by atoms with Crippen LogP contribution >= 0.6 is 0 Å². The molecular formula is C11H12N4O3. The van der Waals surface area contributed by atoms with Crippen molar-refractivity contribution in [3.8, 4) is 0 Å². The molecule has 1 N–H and O–H groups in total. The number of carbonyl (C=O) groups is 2. The number of rotatable bonds is 3. The average molecular weight is 248 g/mol. The first-order valence-corrected chi connectivity index (χ1v) is 5.46. The molecule has 7 nitrogen and oxygen atoms in total. The Morgan fingerprint density at radius 1 is 1.39 bits per heavy atom. The van der Waals surface area contributed by atoms with E-state index in [0.29, 0.717) is 11.0 Å². The molecule has 0 aliphatic rings. The van der Waals surface area contributed by atoms with E-state index in [1.54, 1.807) is 31.2 Å². The number of ether oxygens (including phenoxy) is 1. The largest absolute Gasteiger partial charge is 0.465 e. The van der Waals surface area contributed by atoms with Gasteiger partial charge >= 0.3 is 12.0 Å². The summed E-state index contributed by atoms with van der Waals surface area (Å²) < 4.78 is 5.80. The molecule has 18 heavy (non-hydrogen) atoms. The van der Waals surface area contributed by atoms with Crippen LogP contribution in [0.3, 0.4) is 0 Å². The smallest absolute Gasteiger partial charge is 0.344 e. The highest BCUT2D eigenvalue weighted by Gasteiger charge is 2.12. The highest BCUT2D eigenvalue weighted by atomic mass is 16.5. The maximum absolute atomic E-state index is 11.8. The van der Waals surface area contributed by atoms with Crippen molar-refractivity contribution in [2.24, 2.45) is 0 Å². The van der Waals surface area contributed by atoms with Gasteiger partial charge in [-0.3, -0.25) is 4.79 Å². The van der Waals surface area contributed by atoms with Crippen molar-refractivity contribution in [2.75, 3.05) is 13.2 Å². The van der Waals surface area contributed by atoms with Crippen LogP contribution in [0.1, 0.15) is 6.92 Å². The minimum atomic E-state index is -0.517. The van der Waals surface area contributed by atoms with Crippen LogP contribution in [-0.2, 0) is 9.53 Å². The fourth-order valence-corrected chi connectivity index (χ4v) is 1.45.